The van der Waals surface area contributed by atoms with Gasteiger partial charge in [0.1, 0.15) is 5.69 Å². The Kier molecular flexibility index (Phi) is 5.02. The molecule has 0 unspecified atom stereocenters. The molecule has 9 heteroatoms. The topological polar surface area (TPSA) is 120 Å². The fraction of sp³-hybridized carbons (Fsp3) is 0.308. The molecule has 0 spiro atoms. The Bertz CT molecular complexity index is 670. The first-order chi connectivity index (χ1) is 10.6. The van der Waals surface area contributed by atoms with Crippen molar-refractivity contribution in [3.63, 3.8) is 0 Å². The fourth-order valence-electron chi connectivity index (χ4n) is 1.69. The largest absolute Gasteiger partial charge is 0.456 e. The summed E-state index contributed by atoms with van der Waals surface area (Å²) >= 11 is 0. The number of hydrogen-bond acceptors (Lipinski definition) is 8. The normalized spacial score (nSPS) is 10.2. The molecule has 1 heterocycles. The van der Waals surface area contributed by atoms with E-state index in [-0.39, 0.29) is 31.2 Å². The zero-order valence-electron chi connectivity index (χ0n) is 11.8. The van der Waals surface area contributed by atoms with E-state index in [0.29, 0.717) is 11.6 Å². The van der Waals surface area contributed by atoms with E-state index in [2.05, 4.69) is 15.5 Å². The molecule has 22 heavy (non-hydrogen) atoms. The van der Waals surface area contributed by atoms with Crippen molar-refractivity contribution < 1.29 is 18.9 Å². The number of hydrogen-bond donors (Lipinski definition) is 1. The number of aromatic nitrogens is 2. The Balaban J connectivity index is 1.76. The second-order valence-electron chi connectivity index (χ2n) is 4.33. The van der Waals surface area contributed by atoms with Crippen LogP contribution >= 0.6 is 0 Å². The zero-order valence-corrected chi connectivity index (χ0v) is 11.8. The smallest absolute Gasteiger partial charge is 0.308 e. The van der Waals surface area contributed by atoms with Crippen molar-refractivity contribution in [2.75, 3.05) is 11.9 Å². The lowest BCUT2D eigenvalue weighted by Gasteiger charge is -2.06. The number of nitrogens with zero attached hydrogens (tertiary/aromatic N) is 3. The number of anilines is 1. The van der Waals surface area contributed by atoms with Gasteiger partial charge in [0.15, 0.2) is 6.61 Å². The first-order valence-corrected chi connectivity index (χ1v) is 6.48. The van der Waals surface area contributed by atoms with E-state index in [0.717, 1.165) is 0 Å². The molecule has 0 aliphatic rings. The van der Waals surface area contributed by atoms with E-state index in [1.807, 2.05) is 0 Å². The molecule has 0 bridgehead atoms. The number of carbonyl (C=O) groups excluding carboxylic acids is 1. The van der Waals surface area contributed by atoms with Crippen LogP contribution in [0.15, 0.2) is 28.7 Å². The van der Waals surface area contributed by atoms with Crippen LogP contribution in [0.25, 0.3) is 0 Å². The second kappa shape index (κ2) is 7.16. The minimum atomic E-state index is -0.488. The predicted octanol–water partition coefficient (Wildman–Crippen LogP) is 1.83. The third-order valence-electron chi connectivity index (χ3n) is 2.67. The van der Waals surface area contributed by atoms with E-state index in [1.165, 1.54) is 6.07 Å². The number of ether oxygens (including phenoxy) is 1. The van der Waals surface area contributed by atoms with E-state index in [4.69, 9.17) is 9.15 Å². The van der Waals surface area contributed by atoms with Crippen LogP contribution < -0.4 is 5.32 Å². The molecule has 2 rings (SSSR count). The maximum atomic E-state index is 11.5. The Hall–Kier alpha value is -2.97. The number of esters is 1. The molecule has 0 aliphatic carbocycles. The summed E-state index contributed by atoms with van der Waals surface area (Å²) in [6, 6.07) is 6.21. The molecule has 0 atom stereocenters. The molecule has 9 nitrogen and oxygen atoms in total. The van der Waals surface area contributed by atoms with Gasteiger partial charge >= 0.3 is 5.97 Å². The van der Waals surface area contributed by atoms with Gasteiger partial charge in [0.05, 0.1) is 11.3 Å². The highest BCUT2D eigenvalue weighted by Crippen LogP contribution is 2.22. The van der Waals surface area contributed by atoms with Crippen molar-refractivity contribution in [1.29, 1.82) is 0 Å². The lowest BCUT2D eigenvalue weighted by molar-refractivity contribution is -0.384. The van der Waals surface area contributed by atoms with Crippen LogP contribution in [-0.4, -0.2) is 27.6 Å². The Morgan fingerprint density at radius 1 is 1.41 bits per heavy atom. The molecule has 1 N–H and O–H groups in total. The fourth-order valence-corrected chi connectivity index (χ4v) is 1.69. The lowest BCUT2D eigenvalue weighted by atomic mass is 10.2. The molecule has 116 valence electrons. The molecular weight excluding hydrogens is 292 g/mol. The van der Waals surface area contributed by atoms with Gasteiger partial charge in [0.25, 0.3) is 11.6 Å². The van der Waals surface area contributed by atoms with Crippen LogP contribution in [0, 0.1) is 17.0 Å². The summed E-state index contributed by atoms with van der Waals surface area (Å²) in [5.74, 6) is 0.142. The summed E-state index contributed by atoms with van der Waals surface area (Å²) < 4.78 is 10.0. The Labute approximate surface area is 125 Å². The van der Waals surface area contributed by atoms with Gasteiger partial charge in [-0.25, -0.2) is 0 Å². The highest BCUT2D eigenvalue weighted by molar-refractivity contribution is 5.70. The summed E-state index contributed by atoms with van der Waals surface area (Å²) in [5, 5.41) is 21.0. The first-order valence-electron chi connectivity index (χ1n) is 6.48. The van der Waals surface area contributed by atoms with Crippen LogP contribution in [-0.2, 0) is 16.1 Å². The number of nitro benzene ring substituents is 1. The highest BCUT2D eigenvalue weighted by atomic mass is 16.6. The number of nitrogens with one attached hydrogen (secondary N) is 1. The van der Waals surface area contributed by atoms with E-state index in [1.54, 1.807) is 25.1 Å². The van der Waals surface area contributed by atoms with Crippen molar-refractivity contribution in [2.45, 2.75) is 20.0 Å². The zero-order chi connectivity index (χ0) is 15.9. The standard InChI is InChI=1S/C13H14N4O5/c1-9-15-16-12(22-9)8-21-13(18)6-7-14-10-4-2-3-5-11(10)17(19)20/h2-5,14H,6-8H2,1H3. The molecule has 0 radical (unpaired) electrons. The van der Waals surface area contributed by atoms with E-state index < -0.39 is 10.9 Å². The van der Waals surface area contributed by atoms with E-state index in [9.17, 15) is 14.9 Å². The minimum Gasteiger partial charge on any atom is -0.456 e. The van der Waals surface area contributed by atoms with Crippen molar-refractivity contribution in [2.24, 2.45) is 0 Å². The minimum absolute atomic E-state index is 0.0443. The van der Waals surface area contributed by atoms with Gasteiger partial charge in [-0.1, -0.05) is 12.1 Å². The summed E-state index contributed by atoms with van der Waals surface area (Å²) in [6.45, 7) is 1.76. The number of carbonyl (C=O) groups is 1. The molecule has 0 aliphatic heterocycles. The quantitative estimate of drug-likeness (QED) is 0.467. The highest BCUT2D eigenvalue weighted by Gasteiger charge is 2.12. The average Bonchev–Trinajstić information content (AvgIpc) is 2.91. The average molecular weight is 306 g/mol. The second-order valence-corrected chi connectivity index (χ2v) is 4.33. The van der Waals surface area contributed by atoms with Gasteiger partial charge < -0.3 is 14.5 Å². The maximum Gasteiger partial charge on any atom is 0.308 e. The van der Waals surface area contributed by atoms with Crippen LogP contribution in [0.3, 0.4) is 0 Å². The van der Waals surface area contributed by atoms with Gasteiger partial charge in [-0.05, 0) is 6.07 Å². The Morgan fingerprint density at radius 2 is 2.18 bits per heavy atom. The molecule has 0 amide bonds. The SMILES string of the molecule is Cc1nnc(COC(=O)CCNc2ccccc2[N+](=O)[O-])o1. The van der Waals surface area contributed by atoms with Gasteiger partial charge in [0, 0.05) is 19.5 Å². The van der Waals surface area contributed by atoms with Gasteiger partial charge in [-0.15, -0.1) is 10.2 Å². The molecule has 1 aromatic heterocycles. The molecule has 2 aromatic rings. The first kappa shape index (κ1) is 15.4. The molecule has 0 saturated carbocycles. The van der Waals surface area contributed by atoms with Crippen LogP contribution in [0.1, 0.15) is 18.2 Å². The van der Waals surface area contributed by atoms with Crippen LogP contribution in [0.5, 0.6) is 0 Å². The predicted molar refractivity (Wildman–Crippen MR) is 75.0 cm³/mol. The van der Waals surface area contributed by atoms with Gasteiger partial charge in [-0.3, -0.25) is 14.9 Å². The third kappa shape index (κ3) is 4.27. The number of nitro groups is 1. The third-order valence-corrected chi connectivity index (χ3v) is 2.67. The summed E-state index contributed by atoms with van der Waals surface area (Å²) in [7, 11) is 0. The summed E-state index contributed by atoms with van der Waals surface area (Å²) in [4.78, 5) is 21.9. The van der Waals surface area contributed by atoms with E-state index >= 15 is 0 Å². The van der Waals surface area contributed by atoms with Crippen LogP contribution in [0.4, 0.5) is 11.4 Å². The number of rotatable bonds is 7. The monoisotopic (exact) mass is 306 g/mol. The molecule has 1 aromatic carbocycles. The molecule has 0 fully saturated rings. The van der Waals surface area contributed by atoms with Crippen molar-refractivity contribution >= 4 is 17.3 Å². The molecular formula is C13H14N4O5. The molecule has 0 saturated heterocycles. The van der Waals surface area contributed by atoms with Crippen molar-refractivity contribution in [3.8, 4) is 0 Å². The van der Waals surface area contributed by atoms with Gasteiger partial charge in [0.2, 0.25) is 5.89 Å². The van der Waals surface area contributed by atoms with Crippen molar-refractivity contribution in [1.82, 2.24) is 10.2 Å². The van der Waals surface area contributed by atoms with Gasteiger partial charge in [-0.2, -0.15) is 0 Å². The number of aryl methyl sites for hydroxylation is 1. The van der Waals surface area contributed by atoms with Crippen LogP contribution in [0.2, 0.25) is 0 Å². The lowest BCUT2D eigenvalue weighted by Crippen LogP contribution is -2.12. The summed E-state index contributed by atoms with van der Waals surface area (Å²) in [5.41, 5.74) is 0.310. The summed E-state index contributed by atoms with van der Waals surface area (Å²) in [6.07, 6.45) is 0.0547. The number of benzene rings is 1. The maximum absolute atomic E-state index is 11.5. The van der Waals surface area contributed by atoms with Crippen molar-refractivity contribution in [3.05, 3.63) is 46.2 Å². The Morgan fingerprint density at radius 3 is 2.86 bits per heavy atom. The number of para-hydroxylation sites is 2.